The molecule has 0 aliphatic heterocycles. The zero-order chi connectivity index (χ0) is 8.72. The van der Waals surface area contributed by atoms with E-state index in [4.69, 9.17) is 11.6 Å². The second kappa shape index (κ2) is 2.75. The standard InChI is InChI=1S/C8H6BrClN2/c1-5-11-8(10)7-4-6(9)2-3-12(5)7/h2-4H,1H3. The summed E-state index contributed by atoms with van der Waals surface area (Å²) in [5, 5.41) is 0.550. The maximum absolute atomic E-state index is 5.90. The Kier molecular flexibility index (Phi) is 1.85. The second-order valence-corrected chi connectivity index (χ2v) is 3.82. The number of rotatable bonds is 0. The predicted octanol–water partition coefficient (Wildman–Crippen LogP) is 3.06. The highest BCUT2D eigenvalue weighted by Crippen LogP contribution is 2.21. The van der Waals surface area contributed by atoms with Crippen LogP contribution in [0.4, 0.5) is 0 Å². The van der Waals surface area contributed by atoms with Crippen LogP contribution in [0.25, 0.3) is 5.52 Å². The van der Waals surface area contributed by atoms with Crippen LogP contribution in [0.2, 0.25) is 5.15 Å². The van der Waals surface area contributed by atoms with E-state index >= 15 is 0 Å². The third-order valence-electron chi connectivity index (χ3n) is 1.74. The Balaban J connectivity index is 2.90. The van der Waals surface area contributed by atoms with Gasteiger partial charge in [0.1, 0.15) is 5.82 Å². The first-order valence-corrected chi connectivity index (χ1v) is 4.65. The molecule has 0 atom stereocenters. The lowest BCUT2D eigenvalue weighted by Crippen LogP contribution is -1.85. The number of nitrogens with zero attached hydrogens (tertiary/aromatic N) is 2. The average molecular weight is 246 g/mol. The molecule has 0 fully saturated rings. The zero-order valence-electron chi connectivity index (χ0n) is 6.38. The number of imidazole rings is 1. The number of hydrogen-bond donors (Lipinski definition) is 0. The Labute approximate surface area is 83.3 Å². The largest absolute Gasteiger partial charge is 0.302 e. The molecule has 0 unspecified atom stereocenters. The molecule has 2 heterocycles. The van der Waals surface area contributed by atoms with Crippen molar-refractivity contribution in [2.75, 3.05) is 0 Å². The van der Waals surface area contributed by atoms with Gasteiger partial charge in [-0.1, -0.05) is 27.5 Å². The van der Waals surface area contributed by atoms with E-state index in [1.165, 1.54) is 0 Å². The summed E-state index contributed by atoms with van der Waals surface area (Å²) in [7, 11) is 0. The summed E-state index contributed by atoms with van der Waals surface area (Å²) >= 11 is 9.27. The van der Waals surface area contributed by atoms with Crippen molar-refractivity contribution in [2.45, 2.75) is 6.92 Å². The lowest BCUT2D eigenvalue weighted by molar-refractivity contribution is 1.04. The fourth-order valence-electron chi connectivity index (χ4n) is 1.17. The van der Waals surface area contributed by atoms with Gasteiger partial charge in [0, 0.05) is 10.7 Å². The fraction of sp³-hybridized carbons (Fsp3) is 0.125. The molecule has 2 aromatic rings. The molecular weight excluding hydrogens is 239 g/mol. The van der Waals surface area contributed by atoms with E-state index in [9.17, 15) is 0 Å². The van der Waals surface area contributed by atoms with E-state index in [0.29, 0.717) is 5.15 Å². The quantitative estimate of drug-likeness (QED) is 0.697. The maximum atomic E-state index is 5.90. The van der Waals surface area contributed by atoms with Gasteiger partial charge in [-0.3, -0.25) is 0 Å². The van der Waals surface area contributed by atoms with Crippen LogP contribution in [0.15, 0.2) is 22.8 Å². The van der Waals surface area contributed by atoms with Gasteiger partial charge in [-0.15, -0.1) is 0 Å². The third-order valence-corrected chi connectivity index (χ3v) is 2.51. The highest BCUT2D eigenvalue weighted by Gasteiger charge is 2.04. The number of pyridine rings is 1. The Morgan fingerprint density at radius 3 is 3.08 bits per heavy atom. The van der Waals surface area contributed by atoms with Gasteiger partial charge in [-0.25, -0.2) is 4.98 Å². The van der Waals surface area contributed by atoms with Gasteiger partial charge in [0.2, 0.25) is 0 Å². The molecule has 0 amide bonds. The Morgan fingerprint density at radius 1 is 1.58 bits per heavy atom. The molecule has 0 saturated heterocycles. The summed E-state index contributed by atoms with van der Waals surface area (Å²) in [6, 6.07) is 3.90. The minimum Gasteiger partial charge on any atom is -0.302 e. The summed E-state index contributed by atoms with van der Waals surface area (Å²) < 4.78 is 2.96. The summed E-state index contributed by atoms with van der Waals surface area (Å²) in [4.78, 5) is 4.14. The number of aryl methyl sites for hydroxylation is 1. The van der Waals surface area contributed by atoms with E-state index in [-0.39, 0.29) is 0 Å². The van der Waals surface area contributed by atoms with Crippen molar-refractivity contribution < 1.29 is 0 Å². The van der Waals surface area contributed by atoms with Gasteiger partial charge in [-0.2, -0.15) is 0 Å². The minimum absolute atomic E-state index is 0.550. The summed E-state index contributed by atoms with van der Waals surface area (Å²) in [6.07, 6.45) is 1.94. The molecule has 0 aliphatic carbocycles. The maximum Gasteiger partial charge on any atom is 0.155 e. The predicted molar refractivity (Wildman–Crippen MR) is 52.6 cm³/mol. The van der Waals surface area contributed by atoms with Gasteiger partial charge in [-0.05, 0) is 19.1 Å². The van der Waals surface area contributed by atoms with E-state index in [1.807, 2.05) is 29.7 Å². The number of fused-ring (bicyclic) bond motifs is 1. The minimum atomic E-state index is 0.550. The molecule has 2 nitrogen and oxygen atoms in total. The average Bonchev–Trinajstić information content (AvgIpc) is 2.28. The Bertz CT molecular complexity index is 436. The molecule has 0 aromatic carbocycles. The Hall–Kier alpha value is -0.540. The third kappa shape index (κ3) is 1.13. The topological polar surface area (TPSA) is 17.3 Å². The molecule has 0 N–H and O–H groups in total. The first-order chi connectivity index (χ1) is 5.68. The first kappa shape index (κ1) is 8.08. The van der Waals surface area contributed by atoms with Crippen molar-refractivity contribution in [1.29, 1.82) is 0 Å². The van der Waals surface area contributed by atoms with Gasteiger partial charge >= 0.3 is 0 Å². The SMILES string of the molecule is Cc1nc(Cl)c2cc(Br)ccn12. The van der Waals surface area contributed by atoms with E-state index in [1.54, 1.807) is 0 Å². The molecule has 12 heavy (non-hydrogen) atoms. The summed E-state index contributed by atoms with van der Waals surface area (Å²) in [5.74, 6) is 0.905. The fourth-order valence-corrected chi connectivity index (χ4v) is 1.77. The smallest absolute Gasteiger partial charge is 0.155 e. The van der Waals surface area contributed by atoms with Crippen molar-refractivity contribution in [2.24, 2.45) is 0 Å². The van der Waals surface area contributed by atoms with E-state index in [2.05, 4.69) is 20.9 Å². The van der Waals surface area contributed by atoms with Crippen LogP contribution in [-0.4, -0.2) is 9.38 Å². The van der Waals surface area contributed by atoms with Crippen LogP contribution in [0, 0.1) is 6.92 Å². The van der Waals surface area contributed by atoms with Crippen molar-refractivity contribution in [3.05, 3.63) is 33.8 Å². The van der Waals surface area contributed by atoms with Gasteiger partial charge in [0.25, 0.3) is 0 Å². The zero-order valence-corrected chi connectivity index (χ0v) is 8.72. The van der Waals surface area contributed by atoms with E-state index < -0.39 is 0 Å². The molecule has 2 rings (SSSR count). The molecule has 0 bridgehead atoms. The van der Waals surface area contributed by atoms with Crippen molar-refractivity contribution in [3.63, 3.8) is 0 Å². The van der Waals surface area contributed by atoms with Crippen LogP contribution in [0.5, 0.6) is 0 Å². The molecule has 4 heteroatoms. The lowest BCUT2D eigenvalue weighted by atomic mass is 10.4. The number of aromatic nitrogens is 2. The van der Waals surface area contributed by atoms with Gasteiger partial charge in [0.15, 0.2) is 5.15 Å². The van der Waals surface area contributed by atoms with Crippen molar-refractivity contribution in [3.8, 4) is 0 Å². The van der Waals surface area contributed by atoms with Gasteiger partial charge < -0.3 is 4.40 Å². The van der Waals surface area contributed by atoms with Crippen LogP contribution >= 0.6 is 27.5 Å². The first-order valence-electron chi connectivity index (χ1n) is 3.48. The number of hydrogen-bond acceptors (Lipinski definition) is 1. The molecule has 0 aliphatic rings. The Morgan fingerprint density at radius 2 is 2.33 bits per heavy atom. The van der Waals surface area contributed by atoms with Gasteiger partial charge in [0.05, 0.1) is 5.52 Å². The molecule has 2 aromatic heterocycles. The molecular formula is C8H6BrClN2. The van der Waals surface area contributed by atoms with Crippen LogP contribution in [-0.2, 0) is 0 Å². The summed E-state index contributed by atoms with van der Waals surface area (Å²) in [6.45, 7) is 1.92. The summed E-state index contributed by atoms with van der Waals surface area (Å²) in [5.41, 5.74) is 0.934. The lowest BCUT2D eigenvalue weighted by Gasteiger charge is -1.95. The molecule has 0 radical (unpaired) electrons. The highest BCUT2D eigenvalue weighted by atomic mass is 79.9. The van der Waals surface area contributed by atoms with Crippen LogP contribution < -0.4 is 0 Å². The molecule has 62 valence electrons. The monoisotopic (exact) mass is 244 g/mol. The second-order valence-electron chi connectivity index (χ2n) is 2.55. The van der Waals surface area contributed by atoms with Crippen molar-refractivity contribution >= 4 is 33.0 Å². The van der Waals surface area contributed by atoms with E-state index in [0.717, 1.165) is 15.8 Å². The highest BCUT2D eigenvalue weighted by molar-refractivity contribution is 9.10. The molecule has 0 saturated carbocycles. The van der Waals surface area contributed by atoms with Crippen LogP contribution in [0.3, 0.4) is 0 Å². The van der Waals surface area contributed by atoms with Crippen LogP contribution in [0.1, 0.15) is 5.82 Å². The molecule has 0 spiro atoms. The normalized spacial score (nSPS) is 10.9. The van der Waals surface area contributed by atoms with Crippen molar-refractivity contribution in [1.82, 2.24) is 9.38 Å². The number of halogens is 2.